The molecule has 0 saturated heterocycles. The number of hydrogen-bond acceptors (Lipinski definition) is 2. The summed E-state index contributed by atoms with van der Waals surface area (Å²) in [5.41, 5.74) is 5.51. The lowest BCUT2D eigenvalue weighted by molar-refractivity contribution is -0.115. The van der Waals surface area contributed by atoms with Crippen molar-refractivity contribution in [1.82, 2.24) is 0 Å². The second-order valence-electron chi connectivity index (χ2n) is 6.84. The van der Waals surface area contributed by atoms with E-state index in [1.54, 1.807) is 12.1 Å². The third kappa shape index (κ3) is 4.17. The van der Waals surface area contributed by atoms with Crippen molar-refractivity contribution in [3.05, 3.63) is 95.3 Å². The van der Waals surface area contributed by atoms with E-state index in [1.807, 2.05) is 24.3 Å². The molecule has 27 heavy (non-hydrogen) atoms. The Hall–Kier alpha value is -3.14. The second-order valence-corrected chi connectivity index (χ2v) is 6.84. The lowest BCUT2D eigenvalue weighted by Crippen LogP contribution is -2.30. The summed E-state index contributed by atoms with van der Waals surface area (Å²) >= 11 is 0. The number of anilines is 2. The molecule has 3 nitrogen and oxygen atoms in total. The van der Waals surface area contributed by atoms with E-state index in [2.05, 4.69) is 34.5 Å². The topological polar surface area (TPSA) is 32.3 Å². The predicted molar refractivity (Wildman–Crippen MR) is 106 cm³/mol. The molecule has 0 fully saturated rings. The third-order valence-electron chi connectivity index (χ3n) is 4.92. The van der Waals surface area contributed by atoms with Gasteiger partial charge < -0.3 is 10.2 Å². The molecular weight excluding hydrogens is 339 g/mol. The number of halogens is 1. The molecule has 1 aliphatic heterocycles. The molecule has 3 aromatic carbocycles. The zero-order valence-electron chi connectivity index (χ0n) is 15.0. The summed E-state index contributed by atoms with van der Waals surface area (Å²) < 4.78 is 12.9. The average Bonchev–Trinajstić information content (AvgIpc) is 2.70. The smallest absolute Gasteiger partial charge is 0.228 e. The highest BCUT2D eigenvalue weighted by atomic mass is 19.1. The molecule has 0 unspecified atom stereocenters. The van der Waals surface area contributed by atoms with Crippen molar-refractivity contribution < 1.29 is 9.18 Å². The summed E-state index contributed by atoms with van der Waals surface area (Å²) in [7, 11) is 0. The van der Waals surface area contributed by atoms with E-state index in [0.29, 0.717) is 0 Å². The molecule has 0 spiro atoms. The van der Waals surface area contributed by atoms with Crippen LogP contribution < -0.4 is 10.2 Å². The van der Waals surface area contributed by atoms with Crippen LogP contribution in [0.2, 0.25) is 0 Å². The molecule has 0 radical (unpaired) electrons. The number of benzene rings is 3. The van der Waals surface area contributed by atoms with Gasteiger partial charge in [0.1, 0.15) is 5.82 Å². The van der Waals surface area contributed by atoms with Crippen LogP contribution in [0.4, 0.5) is 15.8 Å². The number of amides is 1. The minimum absolute atomic E-state index is 0.110. The highest BCUT2D eigenvalue weighted by Crippen LogP contribution is 2.25. The van der Waals surface area contributed by atoms with Crippen LogP contribution in [-0.2, 0) is 24.2 Å². The van der Waals surface area contributed by atoms with Crippen LogP contribution in [0.25, 0.3) is 0 Å². The van der Waals surface area contributed by atoms with Crippen LogP contribution in [-0.4, -0.2) is 12.5 Å². The molecular formula is C23H21FN2O. The molecule has 1 heterocycles. The van der Waals surface area contributed by atoms with Crippen LogP contribution in [0.3, 0.4) is 0 Å². The van der Waals surface area contributed by atoms with Crippen molar-refractivity contribution >= 4 is 17.3 Å². The van der Waals surface area contributed by atoms with E-state index in [-0.39, 0.29) is 18.1 Å². The summed E-state index contributed by atoms with van der Waals surface area (Å²) in [6, 6.07) is 22.5. The lowest BCUT2D eigenvalue weighted by Gasteiger charge is -2.30. The maximum Gasteiger partial charge on any atom is 0.228 e. The standard InChI is InChI=1S/C23H21FN2O/c24-20-7-5-17(6-8-20)15-23(27)25-21-9-11-22(12-10-21)26-14-13-18-3-1-2-4-19(18)16-26/h1-12H,13-16H2,(H,25,27). The number of carbonyl (C=O) groups is 1. The van der Waals surface area contributed by atoms with E-state index < -0.39 is 0 Å². The van der Waals surface area contributed by atoms with Gasteiger partial charge in [-0.1, -0.05) is 36.4 Å². The first kappa shape index (κ1) is 17.3. The minimum atomic E-state index is -0.296. The van der Waals surface area contributed by atoms with Gasteiger partial charge in [-0.25, -0.2) is 4.39 Å². The maximum atomic E-state index is 12.9. The molecule has 4 heteroatoms. The molecule has 1 N–H and O–H groups in total. The number of fused-ring (bicyclic) bond motifs is 1. The first-order valence-electron chi connectivity index (χ1n) is 9.13. The number of nitrogens with one attached hydrogen (secondary N) is 1. The van der Waals surface area contributed by atoms with Gasteiger partial charge in [0.05, 0.1) is 6.42 Å². The van der Waals surface area contributed by atoms with Crippen molar-refractivity contribution in [3.8, 4) is 0 Å². The molecule has 136 valence electrons. The normalized spacial score (nSPS) is 13.1. The van der Waals surface area contributed by atoms with Crippen LogP contribution in [0, 0.1) is 5.82 Å². The zero-order chi connectivity index (χ0) is 18.6. The fourth-order valence-electron chi connectivity index (χ4n) is 3.46. The Kier molecular flexibility index (Phi) is 4.88. The van der Waals surface area contributed by atoms with Crippen LogP contribution in [0.15, 0.2) is 72.8 Å². The van der Waals surface area contributed by atoms with E-state index in [0.717, 1.165) is 36.4 Å². The minimum Gasteiger partial charge on any atom is -0.367 e. The van der Waals surface area contributed by atoms with Crippen molar-refractivity contribution in [1.29, 1.82) is 0 Å². The van der Waals surface area contributed by atoms with Gasteiger partial charge in [0.15, 0.2) is 0 Å². The van der Waals surface area contributed by atoms with E-state index in [4.69, 9.17) is 0 Å². The number of hydrogen-bond donors (Lipinski definition) is 1. The average molecular weight is 360 g/mol. The highest BCUT2D eigenvalue weighted by Gasteiger charge is 2.16. The molecule has 4 rings (SSSR count). The summed E-state index contributed by atoms with van der Waals surface area (Å²) in [6.45, 7) is 1.90. The molecule has 0 saturated carbocycles. The SMILES string of the molecule is O=C(Cc1ccc(F)cc1)Nc1ccc(N2CCc3ccccc3C2)cc1. The largest absolute Gasteiger partial charge is 0.367 e. The molecule has 0 atom stereocenters. The van der Waals surface area contributed by atoms with Gasteiger partial charge in [-0.2, -0.15) is 0 Å². The summed E-state index contributed by atoms with van der Waals surface area (Å²) in [4.78, 5) is 14.5. The Labute approximate surface area is 158 Å². The van der Waals surface area contributed by atoms with E-state index >= 15 is 0 Å². The number of rotatable bonds is 4. The molecule has 3 aromatic rings. The van der Waals surface area contributed by atoms with Gasteiger partial charge in [0, 0.05) is 24.5 Å². The Morgan fingerprint density at radius 3 is 2.37 bits per heavy atom. The first-order chi connectivity index (χ1) is 13.2. The Morgan fingerprint density at radius 2 is 1.63 bits per heavy atom. The van der Waals surface area contributed by atoms with Crippen molar-refractivity contribution in [2.75, 3.05) is 16.8 Å². The molecule has 1 aliphatic rings. The molecule has 1 amide bonds. The van der Waals surface area contributed by atoms with Crippen LogP contribution in [0.1, 0.15) is 16.7 Å². The fourth-order valence-corrected chi connectivity index (χ4v) is 3.46. The highest BCUT2D eigenvalue weighted by molar-refractivity contribution is 5.92. The molecule has 0 aliphatic carbocycles. The fraction of sp³-hybridized carbons (Fsp3) is 0.174. The summed E-state index contributed by atoms with van der Waals surface area (Å²) in [6.07, 6.45) is 1.28. The van der Waals surface area contributed by atoms with Crippen LogP contribution >= 0.6 is 0 Å². The monoisotopic (exact) mass is 360 g/mol. The van der Waals surface area contributed by atoms with Crippen molar-refractivity contribution in [2.24, 2.45) is 0 Å². The first-order valence-corrected chi connectivity index (χ1v) is 9.13. The Balaban J connectivity index is 1.38. The van der Waals surface area contributed by atoms with Gasteiger partial charge in [-0.3, -0.25) is 4.79 Å². The quantitative estimate of drug-likeness (QED) is 0.739. The second kappa shape index (κ2) is 7.62. The summed E-state index contributed by atoms with van der Waals surface area (Å²) in [5.74, 6) is -0.406. The van der Waals surface area contributed by atoms with E-state index in [9.17, 15) is 9.18 Å². The van der Waals surface area contributed by atoms with E-state index in [1.165, 1.54) is 23.3 Å². The van der Waals surface area contributed by atoms with Gasteiger partial charge in [0.2, 0.25) is 5.91 Å². The van der Waals surface area contributed by atoms with Crippen molar-refractivity contribution in [2.45, 2.75) is 19.4 Å². The Bertz CT molecular complexity index is 935. The predicted octanol–water partition coefficient (Wildman–Crippen LogP) is 4.57. The Morgan fingerprint density at radius 1 is 0.926 bits per heavy atom. The van der Waals surface area contributed by atoms with Gasteiger partial charge in [-0.05, 0) is 59.5 Å². The molecule has 0 aromatic heterocycles. The van der Waals surface area contributed by atoms with Gasteiger partial charge >= 0.3 is 0 Å². The van der Waals surface area contributed by atoms with Gasteiger partial charge in [-0.15, -0.1) is 0 Å². The zero-order valence-corrected chi connectivity index (χ0v) is 15.0. The number of nitrogens with zero attached hydrogens (tertiary/aromatic N) is 1. The maximum absolute atomic E-state index is 12.9. The lowest BCUT2D eigenvalue weighted by atomic mass is 9.99. The molecule has 0 bridgehead atoms. The van der Waals surface area contributed by atoms with Crippen LogP contribution in [0.5, 0.6) is 0 Å². The van der Waals surface area contributed by atoms with Crippen molar-refractivity contribution in [3.63, 3.8) is 0 Å². The number of carbonyl (C=O) groups excluding carboxylic acids is 1. The third-order valence-corrected chi connectivity index (χ3v) is 4.92. The van der Waals surface area contributed by atoms with Gasteiger partial charge in [0.25, 0.3) is 0 Å². The summed E-state index contributed by atoms with van der Waals surface area (Å²) in [5, 5.41) is 2.90.